The van der Waals surface area contributed by atoms with Crippen molar-refractivity contribution in [2.75, 3.05) is 13.1 Å². The molecule has 0 aliphatic carbocycles. The lowest BCUT2D eigenvalue weighted by Crippen LogP contribution is -2.51. The van der Waals surface area contributed by atoms with E-state index in [0.29, 0.717) is 32.4 Å². The molecule has 7 heteroatoms. The van der Waals surface area contributed by atoms with Crippen LogP contribution in [0.2, 0.25) is 0 Å². The molecular formula is C13H22N2O5. The van der Waals surface area contributed by atoms with Gasteiger partial charge in [-0.1, -0.05) is 13.3 Å². The number of amides is 1. The van der Waals surface area contributed by atoms with Crippen LogP contribution in [-0.2, 0) is 14.4 Å². The van der Waals surface area contributed by atoms with Crippen molar-refractivity contribution in [3.05, 3.63) is 0 Å². The fourth-order valence-corrected chi connectivity index (χ4v) is 2.71. The van der Waals surface area contributed by atoms with Gasteiger partial charge in [0.25, 0.3) is 0 Å². The first-order valence-corrected chi connectivity index (χ1v) is 6.82. The van der Waals surface area contributed by atoms with Gasteiger partial charge >= 0.3 is 11.9 Å². The summed E-state index contributed by atoms with van der Waals surface area (Å²) in [7, 11) is 0. The maximum absolute atomic E-state index is 12.0. The molecule has 0 spiro atoms. The van der Waals surface area contributed by atoms with Gasteiger partial charge in [-0.05, 0) is 19.3 Å². The Kier molecular flexibility index (Phi) is 5.50. The Labute approximate surface area is 117 Å². The fraction of sp³-hybridized carbons (Fsp3) is 0.769. The van der Waals surface area contributed by atoms with Crippen LogP contribution in [0, 0.1) is 5.41 Å². The minimum atomic E-state index is -1.12. The molecule has 1 amide bonds. The van der Waals surface area contributed by atoms with E-state index in [9.17, 15) is 19.5 Å². The first-order valence-electron chi connectivity index (χ1n) is 6.82. The zero-order valence-corrected chi connectivity index (χ0v) is 11.7. The Morgan fingerprint density at radius 3 is 2.20 bits per heavy atom. The topological polar surface area (TPSA) is 121 Å². The number of carbonyl (C=O) groups is 3. The number of piperidine rings is 1. The Balaban J connectivity index is 2.62. The molecule has 1 atom stereocenters. The van der Waals surface area contributed by atoms with E-state index in [2.05, 4.69) is 0 Å². The third kappa shape index (κ3) is 3.69. The highest BCUT2D eigenvalue weighted by molar-refractivity contribution is 5.86. The number of nitrogens with two attached hydrogens (primary N) is 1. The Morgan fingerprint density at radius 2 is 1.80 bits per heavy atom. The van der Waals surface area contributed by atoms with Crippen molar-refractivity contribution in [2.45, 2.75) is 45.1 Å². The van der Waals surface area contributed by atoms with E-state index in [1.54, 1.807) is 0 Å². The fourth-order valence-electron chi connectivity index (χ4n) is 2.71. The number of hydrogen-bond donors (Lipinski definition) is 3. The molecule has 1 fully saturated rings. The Morgan fingerprint density at radius 1 is 1.25 bits per heavy atom. The zero-order valence-electron chi connectivity index (χ0n) is 11.7. The summed E-state index contributed by atoms with van der Waals surface area (Å²) in [5.74, 6) is -2.35. The number of nitrogens with zero attached hydrogens (tertiary/aromatic N) is 1. The van der Waals surface area contributed by atoms with Crippen LogP contribution in [-0.4, -0.2) is 52.1 Å². The molecular weight excluding hydrogens is 264 g/mol. The first-order chi connectivity index (χ1) is 9.32. The average Bonchev–Trinajstić information content (AvgIpc) is 2.38. The van der Waals surface area contributed by atoms with Crippen molar-refractivity contribution < 1.29 is 24.6 Å². The molecule has 1 rings (SSSR count). The monoisotopic (exact) mass is 286 g/mol. The largest absolute Gasteiger partial charge is 0.481 e. The maximum Gasteiger partial charge on any atom is 0.309 e. The van der Waals surface area contributed by atoms with Gasteiger partial charge in [-0.15, -0.1) is 0 Å². The molecule has 0 saturated carbocycles. The van der Waals surface area contributed by atoms with E-state index in [1.165, 1.54) is 4.90 Å². The number of carbonyl (C=O) groups excluding carboxylic acids is 1. The molecule has 0 aromatic carbocycles. The molecule has 1 saturated heterocycles. The van der Waals surface area contributed by atoms with Crippen molar-refractivity contribution >= 4 is 17.8 Å². The summed E-state index contributed by atoms with van der Waals surface area (Å²) in [5.41, 5.74) is 4.79. The van der Waals surface area contributed by atoms with Crippen LogP contribution in [0.4, 0.5) is 0 Å². The lowest BCUT2D eigenvalue weighted by molar-refractivity contribution is -0.155. The van der Waals surface area contributed by atoms with Gasteiger partial charge in [0, 0.05) is 13.1 Å². The van der Waals surface area contributed by atoms with Gasteiger partial charge in [0.1, 0.15) is 0 Å². The van der Waals surface area contributed by atoms with Crippen LogP contribution in [0.5, 0.6) is 0 Å². The summed E-state index contributed by atoms with van der Waals surface area (Å²) in [5, 5.41) is 18.0. The highest BCUT2D eigenvalue weighted by Crippen LogP contribution is 2.36. The number of rotatable bonds is 6. The van der Waals surface area contributed by atoms with Crippen LogP contribution in [0.15, 0.2) is 0 Å². The van der Waals surface area contributed by atoms with Crippen LogP contribution in [0.25, 0.3) is 0 Å². The number of likely N-dealkylation sites (tertiary alicyclic amines) is 1. The first kappa shape index (κ1) is 16.4. The standard InChI is InChI=1S/C13H22N2O5/c1-2-3-13(12(19)20)4-6-15(7-5-13)11(18)9(14)8-10(16)17/h9H,2-8,14H2,1H3,(H,16,17)(H,19,20). The van der Waals surface area contributed by atoms with E-state index in [4.69, 9.17) is 10.8 Å². The van der Waals surface area contributed by atoms with Crippen molar-refractivity contribution in [3.8, 4) is 0 Å². The summed E-state index contributed by atoms with van der Waals surface area (Å²) < 4.78 is 0. The number of aliphatic carboxylic acids is 2. The molecule has 1 unspecified atom stereocenters. The number of hydrogen-bond acceptors (Lipinski definition) is 4. The predicted molar refractivity (Wildman–Crippen MR) is 71.0 cm³/mol. The SMILES string of the molecule is CCCC1(C(=O)O)CCN(C(=O)C(N)CC(=O)O)CC1. The zero-order chi connectivity index (χ0) is 15.3. The van der Waals surface area contributed by atoms with Gasteiger partial charge in [-0.2, -0.15) is 0 Å². The summed E-state index contributed by atoms with van der Waals surface area (Å²) >= 11 is 0. The quantitative estimate of drug-likeness (QED) is 0.645. The second-order valence-electron chi connectivity index (χ2n) is 5.37. The third-order valence-corrected chi connectivity index (χ3v) is 3.93. The van der Waals surface area contributed by atoms with E-state index in [0.717, 1.165) is 6.42 Å². The van der Waals surface area contributed by atoms with E-state index in [-0.39, 0.29) is 0 Å². The Hall–Kier alpha value is -1.63. The molecule has 114 valence electrons. The van der Waals surface area contributed by atoms with Crippen molar-refractivity contribution in [2.24, 2.45) is 11.1 Å². The van der Waals surface area contributed by atoms with Gasteiger partial charge < -0.3 is 20.8 Å². The predicted octanol–water partition coefficient (Wildman–Crippen LogP) is 0.282. The minimum Gasteiger partial charge on any atom is -0.481 e. The molecule has 0 bridgehead atoms. The molecule has 4 N–H and O–H groups in total. The smallest absolute Gasteiger partial charge is 0.309 e. The molecule has 0 radical (unpaired) electrons. The molecule has 1 aliphatic heterocycles. The minimum absolute atomic E-state index is 0.318. The lowest BCUT2D eigenvalue weighted by Gasteiger charge is -2.39. The molecule has 7 nitrogen and oxygen atoms in total. The molecule has 20 heavy (non-hydrogen) atoms. The average molecular weight is 286 g/mol. The maximum atomic E-state index is 12.0. The van der Waals surface area contributed by atoms with Crippen molar-refractivity contribution in [3.63, 3.8) is 0 Å². The second-order valence-corrected chi connectivity index (χ2v) is 5.37. The number of carboxylic acids is 2. The van der Waals surface area contributed by atoms with Gasteiger partial charge in [-0.3, -0.25) is 14.4 Å². The van der Waals surface area contributed by atoms with Crippen LogP contribution < -0.4 is 5.73 Å². The second kappa shape index (κ2) is 6.69. The molecule has 0 aromatic rings. The van der Waals surface area contributed by atoms with Crippen LogP contribution in [0.3, 0.4) is 0 Å². The number of carboxylic acid groups (broad SMARTS) is 2. The summed E-state index contributed by atoms with van der Waals surface area (Å²) in [6.07, 6.45) is 1.74. The van der Waals surface area contributed by atoms with Crippen molar-refractivity contribution in [1.29, 1.82) is 0 Å². The van der Waals surface area contributed by atoms with E-state index >= 15 is 0 Å². The lowest BCUT2D eigenvalue weighted by atomic mass is 9.75. The highest BCUT2D eigenvalue weighted by atomic mass is 16.4. The highest BCUT2D eigenvalue weighted by Gasteiger charge is 2.42. The van der Waals surface area contributed by atoms with Gasteiger partial charge in [0.15, 0.2) is 0 Å². The summed E-state index contributed by atoms with van der Waals surface area (Å²) in [6, 6.07) is -1.06. The van der Waals surface area contributed by atoms with Gasteiger partial charge in [0.05, 0.1) is 17.9 Å². The molecule has 1 aliphatic rings. The summed E-state index contributed by atoms with van der Waals surface area (Å²) in [6.45, 7) is 2.57. The van der Waals surface area contributed by atoms with Gasteiger partial charge in [-0.25, -0.2) is 0 Å². The third-order valence-electron chi connectivity index (χ3n) is 3.93. The van der Waals surface area contributed by atoms with Crippen LogP contribution >= 0.6 is 0 Å². The van der Waals surface area contributed by atoms with Gasteiger partial charge in [0.2, 0.25) is 5.91 Å². The Bertz CT molecular complexity index is 388. The normalized spacial score (nSPS) is 19.4. The van der Waals surface area contributed by atoms with Crippen LogP contribution in [0.1, 0.15) is 39.0 Å². The van der Waals surface area contributed by atoms with E-state index in [1.807, 2.05) is 6.92 Å². The molecule has 1 heterocycles. The van der Waals surface area contributed by atoms with E-state index < -0.39 is 35.7 Å². The summed E-state index contributed by atoms with van der Waals surface area (Å²) in [4.78, 5) is 35.4. The van der Waals surface area contributed by atoms with Crippen molar-refractivity contribution in [1.82, 2.24) is 4.90 Å². The molecule has 0 aromatic heterocycles.